The highest BCUT2D eigenvalue weighted by atomic mass is 16.6. The Morgan fingerprint density at radius 1 is 1.13 bits per heavy atom. The number of nitrogens with zero attached hydrogens (tertiary/aromatic N) is 2. The standard InChI is InChI=1S/C21H21N5O4/c22-10-13-16(11-5-6-14-15(9-11)30-8-7-29-14)17-18(24-19(13)27)25-21(26-20(17)28)23-12-3-1-2-4-12/h5-6,9,12-13,16H,1-4,7-8H2,(H3,23,24,25,26,27,28). The lowest BCUT2D eigenvalue weighted by Crippen LogP contribution is -2.38. The average Bonchev–Trinajstić information content (AvgIpc) is 3.25. The first-order valence-corrected chi connectivity index (χ1v) is 10.1. The van der Waals surface area contributed by atoms with Crippen LogP contribution in [0.2, 0.25) is 0 Å². The Bertz CT molecular complexity index is 1100. The molecule has 0 radical (unpaired) electrons. The number of aromatic amines is 1. The van der Waals surface area contributed by atoms with Gasteiger partial charge in [-0.1, -0.05) is 18.9 Å². The number of fused-ring (bicyclic) bond motifs is 2. The highest BCUT2D eigenvalue weighted by Gasteiger charge is 2.40. The Morgan fingerprint density at radius 3 is 2.67 bits per heavy atom. The van der Waals surface area contributed by atoms with Crippen LogP contribution in [0, 0.1) is 17.2 Å². The molecular formula is C21H21N5O4. The van der Waals surface area contributed by atoms with E-state index < -0.39 is 17.7 Å². The second kappa shape index (κ2) is 7.37. The van der Waals surface area contributed by atoms with Crippen LogP contribution in [0.4, 0.5) is 11.8 Å². The summed E-state index contributed by atoms with van der Waals surface area (Å²) in [6.07, 6.45) is 4.31. The first-order valence-electron chi connectivity index (χ1n) is 10.1. The molecule has 9 nitrogen and oxygen atoms in total. The summed E-state index contributed by atoms with van der Waals surface area (Å²) in [5, 5.41) is 15.6. The first-order chi connectivity index (χ1) is 14.6. The lowest BCUT2D eigenvalue weighted by molar-refractivity contribution is -0.119. The molecule has 2 aromatic rings. The second-order valence-corrected chi connectivity index (χ2v) is 7.78. The van der Waals surface area contributed by atoms with Gasteiger partial charge in [-0.15, -0.1) is 0 Å². The molecule has 1 fully saturated rings. The molecule has 5 rings (SSSR count). The van der Waals surface area contributed by atoms with Gasteiger partial charge in [-0.25, -0.2) is 0 Å². The number of rotatable bonds is 3. The molecule has 1 aliphatic carbocycles. The van der Waals surface area contributed by atoms with Crippen LogP contribution in [-0.2, 0) is 4.79 Å². The number of nitriles is 1. The highest BCUT2D eigenvalue weighted by molar-refractivity contribution is 5.98. The van der Waals surface area contributed by atoms with E-state index in [9.17, 15) is 14.9 Å². The number of benzene rings is 1. The third kappa shape index (κ3) is 3.14. The quantitative estimate of drug-likeness (QED) is 0.711. The SMILES string of the molecule is N#CC1C(=O)Nc2nc(NC3CCCC3)[nH]c(=O)c2C1c1ccc2c(c1)OCCO2. The molecule has 2 aliphatic heterocycles. The summed E-state index contributed by atoms with van der Waals surface area (Å²) in [5.74, 6) is -0.635. The van der Waals surface area contributed by atoms with Gasteiger partial charge in [0.15, 0.2) is 11.5 Å². The van der Waals surface area contributed by atoms with Crippen LogP contribution in [0.1, 0.15) is 42.7 Å². The number of anilines is 2. The smallest absolute Gasteiger partial charge is 0.258 e. The Kier molecular flexibility index (Phi) is 4.54. The molecule has 1 aromatic carbocycles. The number of H-pyrrole nitrogens is 1. The number of hydrogen-bond acceptors (Lipinski definition) is 7. The predicted molar refractivity (Wildman–Crippen MR) is 108 cm³/mol. The molecule has 30 heavy (non-hydrogen) atoms. The summed E-state index contributed by atoms with van der Waals surface area (Å²) in [6, 6.07) is 7.53. The van der Waals surface area contributed by atoms with E-state index in [4.69, 9.17) is 9.47 Å². The lowest BCUT2D eigenvalue weighted by Gasteiger charge is -2.29. The summed E-state index contributed by atoms with van der Waals surface area (Å²) >= 11 is 0. The average molecular weight is 407 g/mol. The fourth-order valence-corrected chi connectivity index (χ4v) is 4.46. The van der Waals surface area contributed by atoms with Crippen LogP contribution in [0.5, 0.6) is 11.5 Å². The van der Waals surface area contributed by atoms with Crippen molar-refractivity contribution in [2.45, 2.75) is 37.6 Å². The van der Waals surface area contributed by atoms with Gasteiger partial charge in [0.25, 0.3) is 5.56 Å². The lowest BCUT2D eigenvalue weighted by atomic mass is 9.79. The summed E-state index contributed by atoms with van der Waals surface area (Å²) in [6.45, 7) is 0.875. The summed E-state index contributed by atoms with van der Waals surface area (Å²) in [4.78, 5) is 33.0. The van der Waals surface area contributed by atoms with Crippen molar-refractivity contribution in [3.63, 3.8) is 0 Å². The molecule has 2 atom stereocenters. The molecule has 3 heterocycles. The maximum absolute atomic E-state index is 13.0. The Morgan fingerprint density at radius 2 is 1.90 bits per heavy atom. The molecule has 1 amide bonds. The summed E-state index contributed by atoms with van der Waals surface area (Å²) in [5.41, 5.74) is 0.529. The minimum Gasteiger partial charge on any atom is -0.486 e. The van der Waals surface area contributed by atoms with Gasteiger partial charge in [0.2, 0.25) is 11.9 Å². The number of nitrogens with one attached hydrogen (secondary N) is 3. The van der Waals surface area contributed by atoms with Gasteiger partial charge in [-0.2, -0.15) is 10.2 Å². The number of carbonyl (C=O) groups is 1. The minimum absolute atomic E-state index is 0.190. The molecule has 154 valence electrons. The monoisotopic (exact) mass is 407 g/mol. The number of ether oxygens (including phenoxy) is 2. The molecule has 0 spiro atoms. The van der Waals surface area contributed by atoms with E-state index in [-0.39, 0.29) is 23.0 Å². The van der Waals surface area contributed by atoms with Gasteiger partial charge in [0.1, 0.15) is 24.9 Å². The van der Waals surface area contributed by atoms with Crippen LogP contribution >= 0.6 is 0 Å². The highest BCUT2D eigenvalue weighted by Crippen LogP contribution is 2.41. The van der Waals surface area contributed by atoms with Crippen molar-refractivity contribution < 1.29 is 14.3 Å². The largest absolute Gasteiger partial charge is 0.486 e. The van der Waals surface area contributed by atoms with Crippen molar-refractivity contribution in [3.05, 3.63) is 39.7 Å². The minimum atomic E-state index is -1.06. The van der Waals surface area contributed by atoms with Crippen LogP contribution in [0.3, 0.4) is 0 Å². The van der Waals surface area contributed by atoms with E-state index in [1.165, 1.54) is 0 Å². The zero-order valence-corrected chi connectivity index (χ0v) is 16.2. The van der Waals surface area contributed by atoms with Gasteiger partial charge in [0, 0.05) is 12.0 Å². The van der Waals surface area contributed by atoms with Crippen LogP contribution in [0.15, 0.2) is 23.0 Å². The van der Waals surface area contributed by atoms with Crippen LogP contribution in [0.25, 0.3) is 0 Å². The fraction of sp³-hybridized carbons (Fsp3) is 0.429. The van der Waals surface area contributed by atoms with E-state index in [2.05, 4.69) is 20.6 Å². The van der Waals surface area contributed by atoms with Gasteiger partial charge in [-0.3, -0.25) is 14.6 Å². The molecule has 9 heteroatoms. The third-order valence-electron chi connectivity index (χ3n) is 5.88. The van der Waals surface area contributed by atoms with Gasteiger partial charge in [0.05, 0.1) is 11.6 Å². The molecule has 1 saturated carbocycles. The number of aromatic nitrogens is 2. The Balaban J connectivity index is 1.58. The first kappa shape index (κ1) is 18.5. The third-order valence-corrected chi connectivity index (χ3v) is 5.88. The molecule has 3 aliphatic rings. The van der Waals surface area contributed by atoms with Crippen LogP contribution in [-0.4, -0.2) is 35.1 Å². The van der Waals surface area contributed by atoms with E-state index >= 15 is 0 Å². The topological polar surface area (TPSA) is 129 Å². The fourth-order valence-electron chi connectivity index (χ4n) is 4.46. The zero-order valence-electron chi connectivity index (χ0n) is 16.2. The van der Waals surface area contributed by atoms with Crippen molar-refractivity contribution in [1.29, 1.82) is 5.26 Å². The van der Waals surface area contributed by atoms with Crippen molar-refractivity contribution in [1.82, 2.24) is 9.97 Å². The second-order valence-electron chi connectivity index (χ2n) is 7.78. The van der Waals surface area contributed by atoms with Gasteiger partial charge in [-0.05, 0) is 30.5 Å². The van der Waals surface area contributed by atoms with Crippen LogP contribution < -0.4 is 25.7 Å². The molecule has 3 N–H and O–H groups in total. The van der Waals surface area contributed by atoms with Crippen molar-refractivity contribution in [2.24, 2.45) is 5.92 Å². The summed E-state index contributed by atoms with van der Waals surface area (Å²) < 4.78 is 11.2. The maximum atomic E-state index is 13.0. The zero-order chi connectivity index (χ0) is 20.7. The number of amides is 1. The predicted octanol–water partition coefficient (Wildman–Crippen LogP) is 2.12. The van der Waals surface area contributed by atoms with Gasteiger partial charge >= 0.3 is 0 Å². The van der Waals surface area contributed by atoms with E-state index in [1.807, 2.05) is 6.07 Å². The van der Waals surface area contributed by atoms with E-state index in [0.29, 0.717) is 36.2 Å². The van der Waals surface area contributed by atoms with Crippen molar-refractivity contribution >= 4 is 17.7 Å². The van der Waals surface area contributed by atoms with E-state index in [0.717, 1.165) is 25.7 Å². The normalized spacial score (nSPS) is 22.7. The van der Waals surface area contributed by atoms with Gasteiger partial charge < -0.3 is 20.1 Å². The van der Waals surface area contributed by atoms with E-state index in [1.54, 1.807) is 18.2 Å². The number of hydrogen-bond donors (Lipinski definition) is 3. The maximum Gasteiger partial charge on any atom is 0.258 e. The molecule has 2 unspecified atom stereocenters. The Hall–Kier alpha value is -3.54. The Labute approximate surface area is 172 Å². The molecule has 1 aromatic heterocycles. The number of carbonyl (C=O) groups excluding carboxylic acids is 1. The van der Waals surface area contributed by atoms with Crippen molar-refractivity contribution in [2.75, 3.05) is 23.8 Å². The molecule has 0 bridgehead atoms. The molecule has 0 saturated heterocycles. The van der Waals surface area contributed by atoms with Crippen molar-refractivity contribution in [3.8, 4) is 17.6 Å². The summed E-state index contributed by atoms with van der Waals surface area (Å²) in [7, 11) is 0. The molecular weight excluding hydrogens is 386 g/mol.